The molecule has 1 saturated carbocycles. The topological polar surface area (TPSA) is 67.4 Å². The number of rotatable bonds is 5. The van der Waals surface area contributed by atoms with E-state index in [4.69, 9.17) is 4.74 Å². The average Bonchev–Trinajstić information content (AvgIpc) is 2.58. The van der Waals surface area contributed by atoms with Crippen LogP contribution in [0, 0.1) is 11.2 Å². The van der Waals surface area contributed by atoms with E-state index in [9.17, 15) is 14.0 Å². The van der Waals surface area contributed by atoms with Gasteiger partial charge in [-0.25, -0.2) is 4.39 Å². The molecule has 2 amide bonds. The van der Waals surface area contributed by atoms with Gasteiger partial charge < -0.3 is 15.4 Å². The minimum absolute atomic E-state index is 0.0149. The van der Waals surface area contributed by atoms with Crippen LogP contribution in [-0.4, -0.2) is 24.5 Å². The molecule has 0 heterocycles. The second kappa shape index (κ2) is 7.35. The van der Waals surface area contributed by atoms with Gasteiger partial charge in [-0.15, -0.1) is 0 Å². The Bertz CT molecular complexity index is 675. The summed E-state index contributed by atoms with van der Waals surface area (Å²) in [5.74, 6) is -1.36. The van der Waals surface area contributed by atoms with Crippen LogP contribution >= 0.6 is 0 Å². The molecule has 0 atom stereocenters. The molecule has 0 radical (unpaired) electrons. The molecule has 1 fully saturated rings. The first-order valence-corrected chi connectivity index (χ1v) is 8.31. The van der Waals surface area contributed by atoms with Crippen molar-refractivity contribution in [1.82, 2.24) is 0 Å². The summed E-state index contributed by atoms with van der Waals surface area (Å²) in [6.07, 6.45) is 4.08. The van der Waals surface area contributed by atoms with E-state index in [2.05, 4.69) is 31.1 Å². The summed E-state index contributed by atoms with van der Waals surface area (Å²) < 4.78 is 19.4. The molecule has 1 aromatic carbocycles. The van der Waals surface area contributed by atoms with Gasteiger partial charge in [0.25, 0.3) is 5.91 Å². The predicted molar refractivity (Wildman–Crippen MR) is 95.8 cm³/mol. The number of amides is 2. The van der Waals surface area contributed by atoms with E-state index in [0.29, 0.717) is 18.5 Å². The zero-order valence-corrected chi connectivity index (χ0v) is 14.9. The van der Waals surface area contributed by atoms with Crippen LogP contribution in [0.3, 0.4) is 0 Å². The lowest BCUT2D eigenvalue weighted by Gasteiger charge is -2.41. The molecule has 0 aliphatic heterocycles. The first kappa shape index (κ1) is 19.1. The Hall–Kier alpha value is -2.21. The van der Waals surface area contributed by atoms with Crippen LogP contribution in [0.25, 0.3) is 0 Å². The molecular weight excluding hydrogens is 323 g/mol. The molecule has 0 spiro atoms. The average molecular weight is 348 g/mol. The number of methoxy groups -OCH3 is 1. The second-order valence-electron chi connectivity index (χ2n) is 7.20. The van der Waals surface area contributed by atoms with Gasteiger partial charge >= 0.3 is 0 Å². The Balaban J connectivity index is 2.15. The van der Waals surface area contributed by atoms with Crippen LogP contribution in [0.4, 0.5) is 15.8 Å². The Morgan fingerprint density at radius 3 is 2.40 bits per heavy atom. The molecule has 1 aromatic rings. The fourth-order valence-corrected chi connectivity index (χ4v) is 2.98. The van der Waals surface area contributed by atoms with E-state index in [0.717, 1.165) is 18.9 Å². The maximum Gasteiger partial charge on any atom is 0.256 e. The van der Waals surface area contributed by atoms with E-state index in [-0.39, 0.29) is 17.0 Å². The van der Waals surface area contributed by atoms with Crippen LogP contribution in [0.15, 0.2) is 30.9 Å². The van der Waals surface area contributed by atoms with Gasteiger partial charge in [-0.2, -0.15) is 0 Å². The maximum atomic E-state index is 13.8. The van der Waals surface area contributed by atoms with Gasteiger partial charge in [0.05, 0.1) is 5.69 Å². The zero-order valence-electron chi connectivity index (χ0n) is 14.9. The molecule has 0 saturated heterocycles. The summed E-state index contributed by atoms with van der Waals surface area (Å²) in [6.45, 7) is 7.69. The molecule has 5 nitrogen and oxygen atoms in total. The molecule has 0 unspecified atom stereocenters. The van der Waals surface area contributed by atoms with Crippen LogP contribution < -0.4 is 10.6 Å². The number of hydrogen-bond acceptors (Lipinski definition) is 3. The van der Waals surface area contributed by atoms with Gasteiger partial charge in [0.2, 0.25) is 5.91 Å². The third-order valence-electron chi connectivity index (χ3n) is 4.88. The number of carbonyl (C=O) groups excluding carboxylic acids is 2. The summed E-state index contributed by atoms with van der Waals surface area (Å²) in [6, 6.07) is 4.02. The van der Waals surface area contributed by atoms with Crippen molar-refractivity contribution in [3.63, 3.8) is 0 Å². The Morgan fingerprint density at radius 1 is 1.20 bits per heavy atom. The molecule has 0 aromatic heterocycles. The molecule has 0 bridgehead atoms. The Labute approximate surface area is 147 Å². The van der Waals surface area contributed by atoms with Crippen LogP contribution in [0.1, 0.15) is 39.5 Å². The number of carbonyl (C=O) groups is 2. The number of nitrogens with one attached hydrogen (secondary N) is 2. The lowest BCUT2D eigenvalue weighted by atomic mass is 9.70. The fraction of sp³-hybridized carbons (Fsp3) is 0.474. The Morgan fingerprint density at radius 2 is 1.84 bits per heavy atom. The van der Waals surface area contributed by atoms with E-state index < -0.39 is 17.3 Å². The van der Waals surface area contributed by atoms with Crippen molar-refractivity contribution < 1.29 is 18.7 Å². The van der Waals surface area contributed by atoms with Gasteiger partial charge in [-0.1, -0.05) is 20.4 Å². The molecule has 2 rings (SSSR count). The number of hydrogen-bond donors (Lipinski definition) is 2. The number of anilines is 2. The predicted octanol–water partition coefficient (Wildman–Crippen LogP) is 3.87. The third-order valence-corrected chi connectivity index (χ3v) is 4.88. The van der Waals surface area contributed by atoms with Crippen LogP contribution in [0.2, 0.25) is 0 Å². The highest BCUT2D eigenvalue weighted by Crippen LogP contribution is 2.42. The summed E-state index contributed by atoms with van der Waals surface area (Å²) in [7, 11) is 1.54. The summed E-state index contributed by atoms with van der Waals surface area (Å²) in [5.41, 5.74) is -0.305. The smallest absolute Gasteiger partial charge is 0.256 e. The van der Waals surface area contributed by atoms with Crippen LogP contribution in [0.5, 0.6) is 0 Å². The highest BCUT2D eigenvalue weighted by atomic mass is 19.1. The molecule has 6 heteroatoms. The molecule has 1 aliphatic rings. The highest BCUT2D eigenvalue weighted by molar-refractivity contribution is 6.01. The van der Waals surface area contributed by atoms with Gasteiger partial charge in [-0.05, 0) is 55.4 Å². The molecule has 25 heavy (non-hydrogen) atoms. The SMILES string of the molecule is C=CC(=O)Nc1cc(NC(=O)C2(OC)CCC(C)(C)CC2)ccc1F. The molecule has 136 valence electrons. The minimum Gasteiger partial charge on any atom is -0.368 e. The lowest BCUT2D eigenvalue weighted by molar-refractivity contribution is -0.144. The van der Waals surface area contributed by atoms with Gasteiger partial charge in [-0.3, -0.25) is 9.59 Å². The first-order chi connectivity index (χ1) is 11.7. The lowest BCUT2D eigenvalue weighted by Crippen LogP contribution is -2.48. The van der Waals surface area contributed by atoms with Crippen molar-refractivity contribution in [1.29, 1.82) is 0 Å². The summed E-state index contributed by atoms with van der Waals surface area (Å²) in [4.78, 5) is 24.1. The standard InChI is InChI=1S/C19H25FN2O3/c1-5-16(23)22-15-12-13(6-7-14(15)20)21-17(24)19(25-4)10-8-18(2,3)9-11-19/h5-7,12H,1,8-11H2,2-4H3,(H,21,24)(H,22,23). The third kappa shape index (κ3) is 4.45. The second-order valence-corrected chi connectivity index (χ2v) is 7.20. The summed E-state index contributed by atoms with van der Waals surface area (Å²) >= 11 is 0. The number of benzene rings is 1. The van der Waals surface area contributed by atoms with Crippen molar-refractivity contribution in [3.8, 4) is 0 Å². The number of halogens is 1. The van der Waals surface area contributed by atoms with E-state index >= 15 is 0 Å². The van der Waals surface area contributed by atoms with Crippen molar-refractivity contribution in [2.24, 2.45) is 5.41 Å². The van der Waals surface area contributed by atoms with Crippen molar-refractivity contribution in [3.05, 3.63) is 36.7 Å². The Kier molecular flexibility index (Phi) is 5.62. The minimum atomic E-state index is -0.881. The number of ether oxygens (including phenoxy) is 1. The normalized spacial score (nSPS) is 18.2. The first-order valence-electron chi connectivity index (χ1n) is 8.31. The van der Waals surface area contributed by atoms with E-state index in [1.807, 2.05) is 0 Å². The molecular formula is C19H25FN2O3. The zero-order chi connectivity index (χ0) is 18.7. The van der Waals surface area contributed by atoms with E-state index in [1.54, 1.807) is 0 Å². The van der Waals surface area contributed by atoms with Crippen molar-refractivity contribution >= 4 is 23.2 Å². The van der Waals surface area contributed by atoms with Gasteiger partial charge in [0.1, 0.15) is 11.4 Å². The summed E-state index contributed by atoms with van der Waals surface area (Å²) in [5, 5.41) is 5.15. The largest absolute Gasteiger partial charge is 0.368 e. The molecule has 1 aliphatic carbocycles. The van der Waals surface area contributed by atoms with Crippen molar-refractivity contribution in [2.45, 2.75) is 45.1 Å². The monoisotopic (exact) mass is 348 g/mol. The fourth-order valence-electron chi connectivity index (χ4n) is 2.98. The van der Waals surface area contributed by atoms with Gasteiger partial charge in [0, 0.05) is 12.8 Å². The highest BCUT2D eigenvalue weighted by Gasteiger charge is 2.44. The van der Waals surface area contributed by atoms with Gasteiger partial charge in [0.15, 0.2) is 0 Å². The molecule has 2 N–H and O–H groups in total. The quantitative estimate of drug-likeness (QED) is 0.794. The van der Waals surface area contributed by atoms with E-state index in [1.165, 1.54) is 25.3 Å². The maximum absolute atomic E-state index is 13.8. The van der Waals surface area contributed by atoms with Crippen LogP contribution in [-0.2, 0) is 14.3 Å². The van der Waals surface area contributed by atoms with Crippen molar-refractivity contribution in [2.75, 3.05) is 17.7 Å².